The van der Waals surface area contributed by atoms with Gasteiger partial charge in [-0.25, -0.2) is 0 Å². The lowest BCUT2D eigenvalue weighted by molar-refractivity contribution is 0.152. The Morgan fingerprint density at radius 1 is 1.37 bits per heavy atom. The number of ether oxygens (including phenoxy) is 1. The maximum Gasteiger partial charge on any atom is 0.120 e. The van der Waals surface area contributed by atoms with Crippen LogP contribution < -0.4 is 10.5 Å². The van der Waals surface area contributed by atoms with Gasteiger partial charge in [0.15, 0.2) is 0 Å². The molecule has 1 aromatic carbocycles. The average molecular weight is 327 g/mol. The van der Waals surface area contributed by atoms with E-state index in [4.69, 9.17) is 10.5 Å². The molecular formula is C15H23BrN2O. The highest BCUT2D eigenvalue weighted by atomic mass is 79.9. The smallest absolute Gasteiger partial charge is 0.120 e. The van der Waals surface area contributed by atoms with E-state index in [0.717, 1.165) is 16.8 Å². The van der Waals surface area contributed by atoms with Crippen LogP contribution in [0.15, 0.2) is 22.7 Å². The zero-order valence-corrected chi connectivity index (χ0v) is 13.2. The summed E-state index contributed by atoms with van der Waals surface area (Å²) in [4.78, 5) is 2.55. The number of halogens is 1. The zero-order chi connectivity index (χ0) is 13.7. The third-order valence-electron chi connectivity index (χ3n) is 3.64. The van der Waals surface area contributed by atoms with E-state index in [-0.39, 0.29) is 0 Å². The summed E-state index contributed by atoms with van der Waals surface area (Å²) in [5, 5.41) is 0. The van der Waals surface area contributed by atoms with Gasteiger partial charge in [0.1, 0.15) is 12.4 Å². The third-order valence-corrected chi connectivity index (χ3v) is 4.10. The molecule has 3 nitrogen and oxygen atoms in total. The molecule has 0 aliphatic carbocycles. The largest absolute Gasteiger partial charge is 0.492 e. The SMILES string of the molecule is CC1CCCCN1Cc1cc(Br)cc(OCCN)c1. The quantitative estimate of drug-likeness (QED) is 0.903. The number of likely N-dealkylation sites (tertiary alicyclic amines) is 1. The molecule has 0 radical (unpaired) electrons. The topological polar surface area (TPSA) is 38.5 Å². The Labute approximate surface area is 124 Å². The van der Waals surface area contributed by atoms with Crippen molar-refractivity contribution in [1.82, 2.24) is 4.90 Å². The highest BCUT2D eigenvalue weighted by Crippen LogP contribution is 2.25. The molecule has 4 heteroatoms. The van der Waals surface area contributed by atoms with Crippen molar-refractivity contribution in [1.29, 1.82) is 0 Å². The van der Waals surface area contributed by atoms with Gasteiger partial charge in [-0.15, -0.1) is 0 Å². The summed E-state index contributed by atoms with van der Waals surface area (Å²) in [6, 6.07) is 6.98. The number of nitrogens with two attached hydrogens (primary N) is 1. The number of hydrogen-bond donors (Lipinski definition) is 1. The summed E-state index contributed by atoms with van der Waals surface area (Å²) < 4.78 is 6.69. The van der Waals surface area contributed by atoms with Gasteiger partial charge < -0.3 is 10.5 Å². The molecule has 1 aliphatic heterocycles. The Morgan fingerprint density at radius 2 is 2.21 bits per heavy atom. The predicted molar refractivity (Wildman–Crippen MR) is 82.4 cm³/mol. The highest BCUT2D eigenvalue weighted by molar-refractivity contribution is 9.10. The van der Waals surface area contributed by atoms with Crippen LogP contribution in [0.4, 0.5) is 0 Å². The second-order valence-electron chi connectivity index (χ2n) is 5.25. The number of benzene rings is 1. The highest BCUT2D eigenvalue weighted by Gasteiger charge is 2.18. The first-order valence-corrected chi connectivity index (χ1v) is 7.84. The first kappa shape index (κ1) is 14.8. The van der Waals surface area contributed by atoms with Crippen molar-refractivity contribution >= 4 is 15.9 Å². The van der Waals surface area contributed by atoms with Crippen LogP contribution >= 0.6 is 15.9 Å². The summed E-state index contributed by atoms with van der Waals surface area (Å²) in [5.41, 5.74) is 6.78. The van der Waals surface area contributed by atoms with Crippen molar-refractivity contribution < 1.29 is 4.74 Å². The summed E-state index contributed by atoms with van der Waals surface area (Å²) >= 11 is 3.56. The molecule has 1 fully saturated rings. The van der Waals surface area contributed by atoms with Gasteiger partial charge in [-0.1, -0.05) is 22.4 Å². The Morgan fingerprint density at radius 3 is 2.95 bits per heavy atom. The molecule has 19 heavy (non-hydrogen) atoms. The molecule has 1 aliphatic rings. The van der Waals surface area contributed by atoms with Gasteiger partial charge in [-0.3, -0.25) is 4.90 Å². The molecule has 1 atom stereocenters. The van der Waals surface area contributed by atoms with Crippen LogP contribution in [-0.2, 0) is 6.54 Å². The molecule has 106 valence electrons. The van der Waals surface area contributed by atoms with Crippen molar-refractivity contribution in [3.05, 3.63) is 28.2 Å². The second kappa shape index (κ2) is 7.27. The molecular weight excluding hydrogens is 304 g/mol. The van der Waals surface area contributed by atoms with Crippen molar-refractivity contribution in [2.75, 3.05) is 19.7 Å². The monoisotopic (exact) mass is 326 g/mol. The maximum absolute atomic E-state index is 5.62. The van der Waals surface area contributed by atoms with Crippen LogP contribution in [0.1, 0.15) is 31.7 Å². The van der Waals surface area contributed by atoms with E-state index in [1.807, 2.05) is 6.07 Å². The molecule has 2 rings (SSSR count). The second-order valence-corrected chi connectivity index (χ2v) is 6.16. The molecule has 0 spiro atoms. The summed E-state index contributed by atoms with van der Waals surface area (Å²) in [6.07, 6.45) is 3.99. The molecule has 1 unspecified atom stereocenters. The van der Waals surface area contributed by atoms with Gasteiger partial charge in [-0.05, 0) is 50.1 Å². The first-order valence-electron chi connectivity index (χ1n) is 7.05. The molecule has 0 bridgehead atoms. The van der Waals surface area contributed by atoms with E-state index < -0.39 is 0 Å². The van der Waals surface area contributed by atoms with E-state index in [2.05, 4.69) is 39.9 Å². The molecule has 1 saturated heterocycles. The standard InChI is InChI=1S/C15H23BrN2O/c1-12-4-2-3-6-18(12)11-13-8-14(16)10-15(9-13)19-7-5-17/h8-10,12H,2-7,11,17H2,1H3. The maximum atomic E-state index is 5.62. The summed E-state index contributed by atoms with van der Waals surface area (Å²) in [6.45, 7) is 5.64. The lowest BCUT2D eigenvalue weighted by atomic mass is 10.0. The van der Waals surface area contributed by atoms with Crippen molar-refractivity contribution in [3.63, 3.8) is 0 Å². The Hall–Kier alpha value is -0.580. The van der Waals surface area contributed by atoms with E-state index in [9.17, 15) is 0 Å². The lowest BCUT2D eigenvalue weighted by Crippen LogP contribution is -2.36. The van der Waals surface area contributed by atoms with Gasteiger partial charge in [0.05, 0.1) is 0 Å². The normalized spacial score (nSPS) is 20.5. The van der Waals surface area contributed by atoms with Crippen LogP contribution in [0.3, 0.4) is 0 Å². The molecule has 0 aromatic heterocycles. The van der Waals surface area contributed by atoms with Gasteiger partial charge >= 0.3 is 0 Å². The van der Waals surface area contributed by atoms with E-state index in [1.165, 1.54) is 31.4 Å². The molecule has 0 saturated carbocycles. The number of nitrogens with zero attached hydrogens (tertiary/aromatic N) is 1. The predicted octanol–water partition coefficient (Wildman–Crippen LogP) is 3.16. The molecule has 1 heterocycles. The number of piperidine rings is 1. The van der Waals surface area contributed by atoms with Gasteiger partial charge in [0.2, 0.25) is 0 Å². The van der Waals surface area contributed by atoms with Gasteiger partial charge in [-0.2, -0.15) is 0 Å². The minimum absolute atomic E-state index is 0.547. The van der Waals surface area contributed by atoms with Crippen LogP contribution in [0.5, 0.6) is 5.75 Å². The summed E-state index contributed by atoms with van der Waals surface area (Å²) in [7, 11) is 0. The first-order chi connectivity index (χ1) is 9.19. The third kappa shape index (κ3) is 4.48. The minimum Gasteiger partial charge on any atom is -0.492 e. The van der Waals surface area contributed by atoms with Crippen LogP contribution in [-0.4, -0.2) is 30.6 Å². The fraction of sp³-hybridized carbons (Fsp3) is 0.600. The Kier molecular flexibility index (Phi) is 5.67. The minimum atomic E-state index is 0.547. The Bertz CT molecular complexity index is 411. The van der Waals surface area contributed by atoms with Crippen molar-refractivity contribution in [3.8, 4) is 5.75 Å². The van der Waals surface area contributed by atoms with Gasteiger partial charge in [0, 0.05) is 23.6 Å². The van der Waals surface area contributed by atoms with E-state index in [1.54, 1.807) is 0 Å². The number of rotatable bonds is 5. The summed E-state index contributed by atoms with van der Waals surface area (Å²) in [5.74, 6) is 0.902. The fourth-order valence-corrected chi connectivity index (χ4v) is 3.12. The van der Waals surface area contributed by atoms with Crippen LogP contribution in [0, 0.1) is 0 Å². The van der Waals surface area contributed by atoms with E-state index in [0.29, 0.717) is 19.2 Å². The molecule has 2 N–H and O–H groups in total. The molecule has 0 amide bonds. The van der Waals surface area contributed by atoms with Crippen molar-refractivity contribution in [2.24, 2.45) is 5.73 Å². The number of hydrogen-bond acceptors (Lipinski definition) is 3. The Balaban J connectivity index is 2.04. The van der Waals surface area contributed by atoms with Gasteiger partial charge in [0.25, 0.3) is 0 Å². The van der Waals surface area contributed by atoms with E-state index >= 15 is 0 Å². The fourth-order valence-electron chi connectivity index (χ4n) is 2.60. The zero-order valence-electron chi connectivity index (χ0n) is 11.6. The lowest BCUT2D eigenvalue weighted by Gasteiger charge is -2.33. The molecule has 1 aromatic rings. The van der Waals surface area contributed by atoms with Crippen molar-refractivity contribution in [2.45, 2.75) is 38.8 Å². The van der Waals surface area contributed by atoms with Crippen LogP contribution in [0.25, 0.3) is 0 Å². The van der Waals surface area contributed by atoms with Crippen LogP contribution in [0.2, 0.25) is 0 Å². The average Bonchev–Trinajstić information content (AvgIpc) is 2.38.